The van der Waals surface area contributed by atoms with Gasteiger partial charge in [0, 0.05) is 17.1 Å². The van der Waals surface area contributed by atoms with Gasteiger partial charge < -0.3 is 5.32 Å². The van der Waals surface area contributed by atoms with E-state index in [4.69, 9.17) is 0 Å². The molecule has 0 spiro atoms. The molecule has 0 aromatic carbocycles. The molecule has 2 atom stereocenters. The van der Waals surface area contributed by atoms with E-state index in [1.807, 2.05) is 13.8 Å². The van der Waals surface area contributed by atoms with Gasteiger partial charge >= 0.3 is 0 Å². The van der Waals surface area contributed by atoms with E-state index in [0.29, 0.717) is 0 Å². The molecule has 2 heterocycles. The van der Waals surface area contributed by atoms with Crippen LogP contribution in [0.4, 0.5) is 0 Å². The molecule has 1 N–H and O–H groups in total. The molecule has 4 heteroatoms. The minimum atomic E-state index is -0.592. The molecular formula is C19H34N2O2. The van der Waals surface area contributed by atoms with Gasteiger partial charge in [0.05, 0.1) is 11.3 Å². The van der Waals surface area contributed by atoms with Gasteiger partial charge in [-0.1, -0.05) is 34.1 Å². The quantitative estimate of drug-likeness (QED) is 0.811. The average Bonchev–Trinajstić information content (AvgIpc) is 2.51. The topological polar surface area (TPSA) is 49.4 Å². The number of imide groups is 1. The second-order valence-corrected chi connectivity index (χ2v) is 9.55. The predicted octanol–water partition coefficient (Wildman–Crippen LogP) is 3.35. The first-order chi connectivity index (χ1) is 10.3. The first kappa shape index (κ1) is 18.4. The van der Waals surface area contributed by atoms with Crippen molar-refractivity contribution in [3.63, 3.8) is 0 Å². The number of hydrogen-bond acceptors (Lipinski definition) is 3. The highest BCUT2D eigenvalue weighted by atomic mass is 16.2. The fourth-order valence-electron chi connectivity index (χ4n) is 4.99. The molecule has 132 valence electrons. The van der Waals surface area contributed by atoms with Crippen molar-refractivity contribution >= 4 is 11.8 Å². The number of carbonyl (C=O) groups excluding carboxylic acids is 2. The van der Waals surface area contributed by atoms with E-state index in [-0.39, 0.29) is 40.8 Å². The third-order valence-corrected chi connectivity index (χ3v) is 5.80. The van der Waals surface area contributed by atoms with E-state index in [0.717, 1.165) is 19.3 Å². The first-order valence-corrected chi connectivity index (χ1v) is 8.99. The van der Waals surface area contributed by atoms with E-state index in [9.17, 15) is 9.59 Å². The summed E-state index contributed by atoms with van der Waals surface area (Å²) in [5.41, 5.74) is -0.747. The van der Waals surface area contributed by atoms with Gasteiger partial charge in [0.15, 0.2) is 0 Å². The van der Waals surface area contributed by atoms with E-state index in [1.54, 1.807) is 4.90 Å². The van der Waals surface area contributed by atoms with E-state index < -0.39 is 5.41 Å². The second kappa shape index (κ2) is 5.58. The zero-order valence-electron chi connectivity index (χ0n) is 16.1. The lowest BCUT2D eigenvalue weighted by atomic mass is 9.73. The highest BCUT2D eigenvalue weighted by molar-refractivity contribution is 6.07. The van der Waals surface area contributed by atoms with Crippen molar-refractivity contribution in [1.29, 1.82) is 0 Å². The van der Waals surface area contributed by atoms with Crippen LogP contribution in [0.5, 0.6) is 0 Å². The molecule has 0 radical (unpaired) electrons. The standard InChI is InChI=1S/C19H34N2O2/c1-9-12(2)14-15(22)21(16(23)19(14,7)8)13-10-17(3,4)20-18(5,6)11-13/h12-14,20H,9-11H2,1-8H3. The largest absolute Gasteiger partial charge is 0.307 e. The molecule has 0 saturated carbocycles. The van der Waals surface area contributed by atoms with Crippen molar-refractivity contribution in [1.82, 2.24) is 10.2 Å². The Labute approximate surface area is 141 Å². The van der Waals surface area contributed by atoms with Crippen molar-refractivity contribution in [2.24, 2.45) is 17.3 Å². The van der Waals surface area contributed by atoms with Crippen LogP contribution in [0, 0.1) is 17.3 Å². The van der Waals surface area contributed by atoms with E-state index >= 15 is 0 Å². The molecule has 2 aliphatic heterocycles. The predicted molar refractivity (Wildman–Crippen MR) is 92.9 cm³/mol. The molecule has 0 aromatic rings. The number of amides is 2. The van der Waals surface area contributed by atoms with E-state index in [2.05, 4.69) is 46.9 Å². The van der Waals surface area contributed by atoms with Crippen LogP contribution in [0.1, 0.15) is 74.7 Å². The fourth-order valence-corrected chi connectivity index (χ4v) is 4.99. The number of likely N-dealkylation sites (tertiary alicyclic amines) is 1. The summed E-state index contributed by atoms with van der Waals surface area (Å²) in [5.74, 6) is 0.106. The lowest BCUT2D eigenvalue weighted by molar-refractivity contribution is -0.145. The minimum absolute atomic E-state index is 0.00502. The molecule has 2 rings (SSSR count). The maximum Gasteiger partial charge on any atom is 0.235 e. The van der Waals surface area contributed by atoms with Gasteiger partial charge in [-0.2, -0.15) is 0 Å². The molecule has 4 nitrogen and oxygen atoms in total. The molecular weight excluding hydrogens is 288 g/mol. The molecule has 2 fully saturated rings. The van der Waals surface area contributed by atoms with Crippen molar-refractivity contribution in [2.45, 2.75) is 91.8 Å². The molecule has 23 heavy (non-hydrogen) atoms. The Kier molecular flexibility index (Phi) is 4.47. The monoisotopic (exact) mass is 322 g/mol. The van der Waals surface area contributed by atoms with Gasteiger partial charge in [-0.25, -0.2) is 0 Å². The molecule has 2 amide bonds. The average molecular weight is 322 g/mol. The van der Waals surface area contributed by atoms with E-state index in [1.165, 1.54) is 0 Å². The molecule has 2 unspecified atom stereocenters. The number of nitrogens with one attached hydrogen (secondary N) is 1. The summed E-state index contributed by atoms with van der Waals surface area (Å²) in [5, 5.41) is 3.63. The first-order valence-electron chi connectivity index (χ1n) is 8.99. The van der Waals surface area contributed by atoms with Crippen LogP contribution in [-0.4, -0.2) is 33.8 Å². The number of hydrogen-bond donors (Lipinski definition) is 1. The highest BCUT2D eigenvalue weighted by Gasteiger charge is 2.58. The summed E-state index contributed by atoms with van der Waals surface area (Å²) in [6.07, 6.45) is 2.55. The third kappa shape index (κ3) is 3.19. The van der Waals surface area contributed by atoms with Gasteiger partial charge in [-0.3, -0.25) is 14.5 Å². The molecule has 0 aromatic heterocycles. The SMILES string of the molecule is CCC(C)C1C(=O)N(C2CC(C)(C)NC(C)(C)C2)C(=O)C1(C)C. The van der Waals surface area contributed by atoms with Crippen molar-refractivity contribution in [2.75, 3.05) is 0 Å². The lowest BCUT2D eigenvalue weighted by Crippen LogP contribution is -2.63. The van der Waals surface area contributed by atoms with Gasteiger partial charge in [-0.15, -0.1) is 0 Å². The van der Waals surface area contributed by atoms with Gasteiger partial charge in [0.2, 0.25) is 11.8 Å². The summed E-state index contributed by atoms with van der Waals surface area (Å²) in [4.78, 5) is 27.8. The summed E-state index contributed by atoms with van der Waals surface area (Å²) in [6.45, 7) is 16.7. The Morgan fingerprint density at radius 1 is 1.09 bits per heavy atom. The van der Waals surface area contributed by atoms with Gasteiger partial charge in [0.1, 0.15) is 0 Å². The molecule has 2 saturated heterocycles. The summed E-state index contributed by atoms with van der Waals surface area (Å²) >= 11 is 0. The fraction of sp³-hybridized carbons (Fsp3) is 0.895. The Morgan fingerprint density at radius 3 is 2.00 bits per heavy atom. The maximum atomic E-state index is 13.1. The van der Waals surface area contributed by atoms with Crippen LogP contribution >= 0.6 is 0 Å². The summed E-state index contributed by atoms with van der Waals surface area (Å²) in [6, 6.07) is -0.00502. The minimum Gasteiger partial charge on any atom is -0.307 e. The van der Waals surface area contributed by atoms with Crippen LogP contribution in [0.15, 0.2) is 0 Å². The molecule has 0 bridgehead atoms. The number of piperidine rings is 1. The van der Waals surface area contributed by atoms with Crippen LogP contribution in [0.3, 0.4) is 0 Å². The molecule has 2 aliphatic rings. The Morgan fingerprint density at radius 2 is 1.57 bits per heavy atom. The number of rotatable bonds is 3. The third-order valence-electron chi connectivity index (χ3n) is 5.80. The Hall–Kier alpha value is -0.900. The number of carbonyl (C=O) groups is 2. The van der Waals surface area contributed by atoms with Gasteiger partial charge in [-0.05, 0) is 46.5 Å². The highest BCUT2D eigenvalue weighted by Crippen LogP contribution is 2.46. The number of nitrogens with zero attached hydrogens (tertiary/aromatic N) is 1. The van der Waals surface area contributed by atoms with Crippen molar-refractivity contribution in [3.8, 4) is 0 Å². The Bertz CT molecular complexity index is 491. The van der Waals surface area contributed by atoms with Gasteiger partial charge in [0.25, 0.3) is 0 Å². The second-order valence-electron chi connectivity index (χ2n) is 9.55. The van der Waals surface area contributed by atoms with Crippen molar-refractivity contribution < 1.29 is 9.59 Å². The van der Waals surface area contributed by atoms with Crippen LogP contribution in [-0.2, 0) is 9.59 Å². The molecule has 0 aliphatic carbocycles. The normalized spacial score (nSPS) is 31.5. The zero-order chi connectivity index (χ0) is 17.8. The summed E-state index contributed by atoms with van der Waals surface area (Å²) in [7, 11) is 0. The van der Waals surface area contributed by atoms with Crippen molar-refractivity contribution in [3.05, 3.63) is 0 Å². The van der Waals surface area contributed by atoms with Crippen LogP contribution < -0.4 is 5.32 Å². The van der Waals surface area contributed by atoms with Crippen LogP contribution in [0.25, 0.3) is 0 Å². The zero-order valence-corrected chi connectivity index (χ0v) is 16.1. The summed E-state index contributed by atoms with van der Waals surface area (Å²) < 4.78 is 0. The van der Waals surface area contributed by atoms with Crippen LogP contribution in [0.2, 0.25) is 0 Å². The maximum absolute atomic E-state index is 13.1. The Balaban J connectivity index is 2.36. The smallest absolute Gasteiger partial charge is 0.235 e. The lowest BCUT2D eigenvalue weighted by Gasteiger charge is -2.48.